The second-order valence-electron chi connectivity index (χ2n) is 2.24. The maximum atomic E-state index is 10.5. The van der Waals surface area contributed by atoms with Crippen molar-refractivity contribution in [2.75, 3.05) is 7.11 Å². The Morgan fingerprint density at radius 2 is 2.33 bits per heavy atom. The molecule has 1 aromatic rings. The molecule has 4 heteroatoms. The van der Waals surface area contributed by atoms with Crippen LogP contribution in [0.2, 0.25) is 0 Å². The number of benzene rings is 1. The van der Waals surface area contributed by atoms with Crippen LogP contribution >= 0.6 is 0 Å². The van der Waals surface area contributed by atoms with Crippen molar-refractivity contribution in [3.05, 3.63) is 23.8 Å². The predicted octanol–water partition coefficient (Wildman–Crippen LogP) is -0.256. The SMILES string of the molecule is COc1ccc([B]O)c(C=O)c1. The molecule has 1 radical (unpaired) electrons. The molecule has 12 heavy (non-hydrogen) atoms. The molecule has 3 nitrogen and oxygen atoms in total. The van der Waals surface area contributed by atoms with Gasteiger partial charge in [0.1, 0.15) is 12.0 Å². The van der Waals surface area contributed by atoms with E-state index in [-0.39, 0.29) is 0 Å². The first-order chi connectivity index (χ1) is 5.81. The number of carbonyl (C=O) groups excluding carboxylic acids is 1. The lowest BCUT2D eigenvalue weighted by Crippen LogP contribution is -2.18. The van der Waals surface area contributed by atoms with E-state index in [1.54, 1.807) is 18.2 Å². The molecule has 0 amide bonds. The average molecular weight is 163 g/mol. The van der Waals surface area contributed by atoms with Gasteiger partial charge in [-0.2, -0.15) is 0 Å². The highest BCUT2D eigenvalue weighted by Crippen LogP contribution is 2.08. The first kappa shape index (κ1) is 8.81. The van der Waals surface area contributed by atoms with E-state index in [2.05, 4.69) is 0 Å². The summed E-state index contributed by atoms with van der Waals surface area (Å²) >= 11 is 0. The van der Waals surface area contributed by atoms with Crippen LogP contribution in [0.4, 0.5) is 0 Å². The maximum absolute atomic E-state index is 10.5. The summed E-state index contributed by atoms with van der Waals surface area (Å²) in [6.45, 7) is 0. The van der Waals surface area contributed by atoms with Crippen molar-refractivity contribution >= 4 is 19.2 Å². The first-order valence-corrected chi connectivity index (χ1v) is 3.42. The maximum Gasteiger partial charge on any atom is 0.327 e. The largest absolute Gasteiger partial charge is 0.497 e. The van der Waals surface area contributed by atoms with E-state index in [4.69, 9.17) is 9.76 Å². The summed E-state index contributed by atoms with van der Waals surface area (Å²) in [6, 6.07) is 4.85. The Hall–Kier alpha value is -1.29. The van der Waals surface area contributed by atoms with Gasteiger partial charge in [0.25, 0.3) is 0 Å². The fourth-order valence-electron chi connectivity index (χ4n) is 0.899. The monoisotopic (exact) mass is 163 g/mol. The minimum Gasteiger partial charge on any atom is -0.497 e. The molecule has 0 spiro atoms. The third-order valence-electron chi connectivity index (χ3n) is 1.56. The Morgan fingerprint density at radius 1 is 1.58 bits per heavy atom. The van der Waals surface area contributed by atoms with E-state index in [1.807, 2.05) is 0 Å². The topological polar surface area (TPSA) is 46.5 Å². The van der Waals surface area contributed by atoms with Gasteiger partial charge in [0.15, 0.2) is 0 Å². The van der Waals surface area contributed by atoms with Crippen LogP contribution in [-0.4, -0.2) is 25.9 Å². The van der Waals surface area contributed by atoms with Gasteiger partial charge in [-0.1, -0.05) is 6.07 Å². The molecule has 0 unspecified atom stereocenters. The summed E-state index contributed by atoms with van der Waals surface area (Å²) in [7, 11) is 2.41. The number of methoxy groups -OCH3 is 1. The number of hydrogen-bond donors (Lipinski definition) is 1. The molecule has 61 valence electrons. The first-order valence-electron chi connectivity index (χ1n) is 3.42. The molecule has 0 saturated heterocycles. The Morgan fingerprint density at radius 3 is 2.83 bits per heavy atom. The lowest BCUT2D eigenvalue weighted by atomic mass is 9.85. The minimum atomic E-state index is 0.414. The van der Waals surface area contributed by atoms with E-state index in [0.717, 1.165) is 7.48 Å². The van der Waals surface area contributed by atoms with Gasteiger partial charge in [-0.15, -0.1) is 0 Å². The van der Waals surface area contributed by atoms with Crippen LogP contribution in [0.3, 0.4) is 0 Å². The van der Waals surface area contributed by atoms with E-state index in [1.165, 1.54) is 7.11 Å². The zero-order valence-corrected chi connectivity index (χ0v) is 6.65. The van der Waals surface area contributed by atoms with Gasteiger partial charge in [0, 0.05) is 5.56 Å². The molecule has 1 N–H and O–H groups in total. The van der Waals surface area contributed by atoms with Crippen molar-refractivity contribution in [1.29, 1.82) is 0 Å². The summed E-state index contributed by atoms with van der Waals surface area (Å²) < 4.78 is 4.90. The summed E-state index contributed by atoms with van der Waals surface area (Å²) in [6.07, 6.45) is 0.671. The highest BCUT2D eigenvalue weighted by atomic mass is 16.5. The standard InChI is InChI=1S/C8H8BO3/c1-12-7-2-3-8(9-11)6(4-7)5-10/h2-5,11H,1H3. The van der Waals surface area contributed by atoms with Crippen molar-refractivity contribution in [1.82, 2.24) is 0 Å². The van der Waals surface area contributed by atoms with E-state index in [9.17, 15) is 4.79 Å². The molecule has 0 atom stereocenters. The number of carbonyl (C=O) groups is 1. The quantitative estimate of drug-likeness (QED) is 0.493. The highest BCUT2D eigenvalue weighted by Gasteiger charge is 2.02. The molecule has 0 saturated carbocycles. The number of rotatable bonds is 3. The molecule has 1 rings (SSSR count). The van der Waals surface area contributed by atoms with E-state index in [0.29, 0.717) is 23.1 Å². The second kappa shape index (κ2) is 3.92. The number of hydrogen-bond acceptors (Lipinski definition) is 3. The van der Waals surface area contributed by atoms with Crippen molar-refractivity contribution in [3.8, 4) is 5.75 Å². The molecule has 0 aromatic heterocycles. The molecule has 0 aliphatic heterocycles. The van der Waals surface area contributed by atoms with Gasteiger partial charge >= 0.3 is 7.48 Å². The molecule has 0 fully saturated rings. The molecular formula is C8H8BO3. The Kier molecular flexibility index (Phi) is 2.88. The van der Waals surface area contributed by atoms with E-state index >= 15 is 0 Å². The Labute approximate surface area is 71.3 Å². The normalized spacial score (nSPS) is 9.17. The van der Waals surface area contributed by atoms with Crippen LogP contribution in [0.15, 0.2) is 18.2 Å². The van der Waals surface area contributed by atoms with Gasteiger partial charge in [0.2, 0.25) is 0 Å². The molecule has 0 heterocycles. The van der Waals surface area contributed by atoms with Crippen molar-refractivity contribution in [3.63, 3.8) is 0 Å². The van der Waals surface area contributed by atoms with Crippen LogP contribution in [0.25, 0.3) is 0 Å². The fraction of sp³-hybridized carbons (Fsp3) is 0.125. The van der Waals surface area contributed by atoms with E-state index < -0.39 is 0 Å². The molecule has 0 aliphatic rings. The molecule has 0 aliphatic carbocycles. The van der Waals surface area contributed by atoms with Gasteiger partial charge in [-0.25, -0.2) is 0 Å². The van der Waals surface area contributed by atoms with Crippen LogP contribution in [0, 0.1) is 0 Å². The second-order valence-corrected chi connectivity index (χ2v) is 2.24. The van der Waals surface area contributed by atoms with Crippen LogP contribution in [0.5, 0.6) is 5.75 Å². The van der Waals surface area contributed by atoms with Gasteiger partial charge in [-0.3, -0.25) is 4.79 Å². The third-order valence-corrected chi connectivity index (χ3v) is 1.56. The van der Waals surface area contributed by atoms with Gasteiger partial charge < -0.3 is 9.76 Å². The number of aldehydes is 1. The fourth-order valence-corrected chi connectivity index (χ4v) is 0.899. The third kappa shape index (κ3) is 1.65. The Balaban J connectivity index is 3.10. The summed E-state index contributed by atoms with van der Waals surface area (Å²) in [5.74, 6) is 0.600. The van der Waals surface area contributed by atoms with Crippen molar-refractivity contribution in [2.45, 2.75) is 0 Å². The molecular weight excluding hydrogens is 155 g/mol. The molecule has 0 bridgehead atoms. The highest BCUT2D eigenvalue weighted by molar-refractivity contribution is 6.47. The lowest BCUT2D eigenvalue weighted by Gasteiger charge is -2.02. The van der Waals surface area contributed by atoms with Gasteiger partial charge in [-0.05, 0) is 17.6 Å². The van der Waals surface area contributed by atoms with Crippen LogP contribution in [0.1, 0.15) is 10.4 Å². The molecule has 1 aromatic carbocycles. The zero-order valence-electron chi connectivity index (χ0n) is 6.65. The minimum absolute atomic E-state index is 0.414. The smallest absolute Gasteiger partial charge is 0.327 e. The number of ether oxygens (including phenoxy) is 1. The zero-order chi connectivity index (χ0) is 8.97. The summed E-state index contributed by atoms with van der Waals surface area (Å²) in [5.41, 5.74) is 0.905. The summed E-state index contributed by atoms with van der Waals surface area (Å²) in [5, 5.41) is 8.69. The Bertz CT molecular complexity index is 286. The van der Waals surface area contributed by atoms with Crippen LogP contribution < -0.4 is 10.2 Å². The average Bonchev–Trinajstić information content (AvgIpc) is 2.16. The summed E-state index contributed by atoms with van der Waals surface area (Å²) in [4.78, 5) is 10.5. The van der Waals surface area contributed by atoms with Crippen LogP contribution in [-0.2, 0) is 0 Å². The lowest BCUT2D eigenvalue weighted by molar-refractivity contribution is 0.112. The van der Waals surface area contributed by atoms with Gasteiger partial charge in [0.05, 0.1) is 7.11 Å². The predicted molar refractivity (Wildman–Crippen MR) is 46.0 cm³/mol. The van der Waals surface area contributed by atoms with Crippen molar-refractivity contribution < 1.29 is 14.6 Å². The van der Waals surface area contributed by atoms with Crippen molar-refractivity contribution in [2.24, 2.45) is 0 Å².